The van der Waals surface area contributed by atoms with Crippen molar-refractivity contribution in [2.45, 2.75) is 43.7 Å². The maximum atomic E-state index is 10.2. The second-order valence-electron chi connectivity index (χ2n) is 4.52. The predicted molar refractivity (Wildman–Crippen MR) is 52.7 cm³/mol. The Balaban J connectivity index is 1.71. The molecule has 0 atom stereocenters. The second kappa shape index (κ2) is 3.95. The molecule has 0 aromatic carbocycles. The minimum atomic E-state index is -0.395. The topological polar surface area (TPSA) is 44.3 Å². The number of hydrogen-bond donors (Lipinski definition) is 3. The van der Waals surface area contributed by atoms with Gasteiger partial charge in [-0.15, -0.1) is 0 Å². The molecule has 13 heavy (non-hydrogen) atoms. The summed E-state index contributed by atoms with van der Waals surface area (Å²) >= 11 is 0. The lowest BCUT2D eigenvalue weighted by Gasteiger charge is -2.36. The summed E-state index contributed by atoms with van der Waals surface area (Å²) in [5, 5.41) is 16.8. The Hall–Kier alpha value is -0.120. The molecule has 2 aliphatic rings. The predicted octanol–water partition coefficient (Wildman–Crippen LogP) is 0.243. The first-order valence-corrected chi connectivity index (χ1v) is 5.45. The van der Waals surface area contributed by atoms with Crippen molar-refractivity contribution in [3.05, 3.63) is 0 Å². The highest BCUT2D eigenvalue weighted by Crippen LogP contribution is 2.27. The van der Waals surface area contributed by atoms with Crippen molar-refractivity contribution in [1.29, 1.82) is 0 Å². The molecule has 3 heteroatoms. The molecular formula is C10H20N2O. The molecule has 3 nitrogen and oxygen atoms in total. The zero-order valence-electron chi connectivity index (χ0n) is 8.18. The summed E-state index contributed by atoms with van der Waals surface area (Å²) < 4.78 is 0. The first-order valence-electron chi connectivity index (χ1n) is 5.45. The maximum absolute atomic E-state index is 10.2. The van der Waals surface area contributed by atoms with Crippen LogP contribution in [0.2, 0.25) is 0 Å². The summed E-state index contributed by atoms with van der Waals surface area (Å²) in [6.07, 6.45) is 5.66. The third-order valence-corrected chi connectivity index (χ3v) is 3.29. The van der Waals surface area contributed by atoms with Crippen LogP contribution in [0.15, 0.2) is 0 Å². The van der Waals surface area contributed by atoms with Gasteiger partial charge < -0.3 is 15.7 Å². The number of hydrogen-bond acceptors (Lipinski definition) is 3. The van der Waals surface area contributed by atoms with Gasteiger partial charge in [-0.2, -0.15) is 0 Å². The zero-order chi connectivity index (χ0) is 9.15. The van der Waals surface area contributed by atoms with Gasteiger partial charge in [0.2, 0.25) is 0 Å². The van der Waals surface area contributed by atoms with Gasteiger partial charge in [-0.05, 0) is 12.8 Å². The van der Waals surface area contributed by atoms with E-state index in [1.807, 2.05) is 0 Å². The lowest BCUT2D eigenvalue weighted by atomic mass is 9.84. The van der Waals surface area contributed by atoms with Crippen molar-refractivity contribution < 1.29 is 5.11 Å². The van der Waals surface area contributed by atoms with E-state index in [2.05, 4.69) is 10.6 Å². The fourth-order valence-electron chi connectivity index (χ4n) is 2.15. The quantitative estimate of drug-likeness (QED) is 0.589. The Kier molecular flexibility index (Phi) is 2.86. The molecule has 1 heterocycles. The van der Waals surface area contributed by atoms with Crippen LogP contribution >= 0.6 is 0 Å². The summed E-state index contributed by atoms with van der Waals surface area (Å²) in [6.45, 7) is 2.92. The normalized spacial score (nSPS) is 28.4. The minimum Gasteiger partial charge on any atom is -0.389 e. The average molecular weight is 184 g/mol. The monoisotopic (exact) mass is 184 g/mol. The molecule has 0 bridgehead atoms. The van der Waals surface area contributed by atoms with Gasteiger partial charge in [0.05, 0.1) is 5.60 Å². The number of aliphatic hydroxyl groups is 1. The molecule has 2 rings (SSSR count). The molecule has 0 amide bonds. The van der Waals surface area contributed by atoms with Crippen LogP contribution in [0.25, 0.3) is 0 Å². The van der Waals surface area contributed by atoms with Gasteiger partial charge in [-0.1, -0.05) is 19.3 Å². The molecule has 0 aromatic heterocycles. The fraction of sp³-hybridized carbons (Fsp3) is 1.00. The Bertz CT molecular complexity index is 162. The van der Waals surface area contributed by atoms with E-state index in [0.29, 0.717) is 6.04 Å². The van der Waals surface area contributed by atoms with E-state index in [0.717, 1.165) is 32.5 Å². The molecule has 0 unspecified atom stereocenters. The molecule has 3 N–H and O–H groups in total. The number of rotatable bonds is 3. The molecule has 0 radical (unpaired) electrons. The van der Waals surface area contributed by atoms with Crippen LogP contribution in [0.5, 0.6) is 0 Å². The number of nitrogens with one attached hydrogen (secondary N) is 2. The summed E-state index contributed by atoms with van der Waals surface area (Å²) in [5.41, 5.74) is -0.395. The Morgan fingerprint density at radius 1 is 1.23 bits per heavy atom. The van der Waals surface area contributed by atoms with E-state index in [-0.39, 0.29) is 0 Å². The van der Waals surface area contributed by atoms with E-state index >= 15 is 0 Å². The van der Waals surface area contributed by atoms with Crippen molar-refractivity contribution in [1.82, 2.24) is 10.6 Å². The standard InChI is InChI=1S/C10H20N2O/c13-10(4-2-1-3-5-10)8-12-9-6-11-7-9/h9,11-13H,1-8H2. The van der Waals surface area contributed by atoms with Gasteiger partial charge in [0.15, 0.2) is 0 Å². The highest BCUT2D eigenvalue weighted by molar-refractivity contribution is 4.89. The third-order valence-electron chi connectivity index (χ3n) is 3.29. The Labute approximate surface area is 79.9 Å². The molecule has 76 valence electrons. The summed E-state index contributed by atoms with van der Waals surface area (Å²) in [7, 11) is 0. The van der Waals surface area contributed by atoms with Crippen LogP contribution in [0, 0.1) is 0 Å². The molecule has 1 saturated heterocycles. The molecule has 1 saturated carbocycles. The van der Waals surface area contributed by atoms with E-state index < -0.39 is 5.60 Å². The summed E-state index contributed by atoms with van der Waals surface area (Å²) in [6, 6.07) is 0.603. The van der Waals surface area contributed by atoms with Crippen LogP contribution in [-0.2, 0) is 0 Å². The molecule has 1 aliphatic heterocycles. The second-order valence-corrected chi connectivity index (χ2v) is 4.52. The smallest absolute Gasteiger partial charge is 0.0771 e. The van der Waals surface area contributed by atoms with Crippen molar-refractivity contribution >= 4 is 0 Å². The SMILES string of the molecule is OC1(CNC2CNC2)CCCCC1. The van der Waals surface area contributed by atoms with Crippen molar-refractivity contribution in [2.24, 2.45) is 0 Å². The minimum absolute atomic E-state index is 0.395. The molecule has 0 aromatic rings. The summed E-state index contributed by atoms with van der Waals surface area (Å²) in [5.74, 6) is 0. The molecule has 0 spiro atoms. The van der Waals surface area contributed by atoms with Crippen molar-refractivity contribution in [3.8, 4) is 0 Å². The fourth-order valence-corrected chi connectivity index (χ4v) is 2.15. The summed E-state index contributed by atoms with van der Waals surface area (Å²) in [4.78, 5) is 0. The van der Waals surface area contributed by atoms with E-state index in [9.17, 15) is 5.11 Å². The first kappa shape index (κ1) is 9.44. The molecule has 2 fully saturated rings. The van der Waals surface area contributed by atoms with E-state index in [4.69, 9.17) is 0 Å². The van der Waals surface area contributed by atoms with Crippen LogP contribution in [0.1, 0.15) is 32.1 Å². The van der Waals surface area contributed by atoms with Crippen LogP contribution in [0.4, 0.5) is 0 Å². The Morgan fingerprint density at radius 2 is 1.92 bits per heavy atom. The van der Waals surface area contributed by atoms with Gasteiger partial charge in [0.25, 0.3) is 0 Å². The average Bonchev–Trinajstić information content (AvgIpc) is 2.02. The van der Waals surface area contributed by atoms with Crippen LogP contribution in [-0.4, -0.2) is 36.4 Å². The van der Waals surface area contributed by atoms with Gasteiger partial charge in [0, 0.05) is 25.7 Å². The first-order chi connectivity index (χ1) is 6.29. The highest BCUT2D eigenvalue weighted by atomic mass is 16.3. The maximum Gasteiger partial charge on any atom is 0.0771 e. The molecular weight excluding hydrogens is 164 g/mol. The third kappa shape index (κ3) is 2.42. The largest absolute Gasteiger partial charge is 0.389 e. The molecule has 1 aliphatic carbocycles. The highest BCUT2D eigenvalue weighted by Gasteiger charge is 2.30. The Morgan fingerprint density at radius 3 is 2.46 bits per heavy atom. The lowest BCUT2D eigenvalue weighted by Crippen LogP contribution is -2.58. The van der Waals surface area contributed by atoms with E-state index in [1.165, 1.54) is 19.3 Å². The lowest BCUT2D eigenvalue weighted by molar-refractivity contribution is 0.00129. The van der Waals surface area contributed by atoms with Crippen molar-refractivity contribution in [3.63, 3.8) is 0 Å². The van der Waals surface area contributed by atoms with Gasteiger partial charge >= 0.3 is 0 Å². The van der Waals surface area contributed by atoms with Crippen LogP contribution in [0.3, 0.4) is 0 Å². The van der Waals surface area contributed by atoms with Crippen LogP contribution < -0.4 is 10.6 Å². The van der Waals surface area contributed by atoms with Gasteiger partial charge in [-0.3, -0.25) is 0 Å². The van der Waals surface area contributed by atoms with E-state index in [1.54, 1.807) is 0 Å². The van der Waals surface area contributed by atoms with Crippen molar-refractivity contribution in [2.75, 3.05) is 19.6 Å². The zero-order valence-corrected chi connectivity index (χ0v) is 8.18. The van der Waals surface area contributed by atoms with Gasteiger partial charge in [-0.25, -0.2) is 0 Å². The van der Waals surface area contributed by atoms with Gasteiger partial charge in [0.1, 0.15) is 0 Å².